The molecule has 12 nitrogen and oxygen atoms in total. The Balaban J connectivity index is 1.68. The first-order chi connectivity index (χ1) is 19.0. The molecule has 1 saturated heterocycles. The number of nitrogens with two attached hydrogens (primary N) is 1. The number of carbonyl (C=O) groups excluding carboxylic acids is 3. The fourth-order valence-electron chi connectivity index (χ4n) is 7.25. The Hall–Kier alpha value is -3.45. The van der Waals surface area contributed by atoms with Crippen molar-refractivity contribution >= 4 is 23.2 Å². The molecule has 40 heavy (non-hydrogen) atoms. The minimum Gasteiger partial charge on any atom is -0.508 e. The number of ether oxygens (including phenoxy) is 1. The molecule has 0 radical (unpaired) electrons. The van der Waals surface area contributed by atoms with Crippen LogP contribution in [-0.2, 0) is 20.8 Å². The van der Waals surface area contributed by atoms with Crippen molar-refractivity contribution < 1.29 is 44.7 Å². The van der Waals surface area contributed by atoms with Gasteiger partial charge in [0.05, 0.1) is 25.3 Å². The van der Waals surface area contributed by atoms with Gasteiger partial charge < -0.3 is 41.3 Å². The third-order valence-electron chi connectivity index (χ3n) is 8.99. The van der Waals surface area contributed by atoms with E-state index >= 15 is 0 Å². The van der Waals surface area contributed by atoms with Crippen molar-refractivity contribution in [3.05, 3.63) is 39.7 Å². The van der Waals surface area contributed by atoms with Crippen LogP contribution in [0, 0.1) is 11.8 Å². The molecule has 4 aliphatic rings. The highest BCUT2D eigenvalue weighted by atomic mass is 16.5. The van der Waals surface area contributed by atoms with E-state index in [0.29, 0.717) is 11.3 Å². The molecule has 0 aromatic heterocycles. The fourth-order valence-corrected chi connectivity index (χ4v) is 7.25. The number of phenolic OH excluding ortho intramolecular Hbond substituents is 1. The summed E-state index contributed by atoms with van der Waals surface area (Å²) in [7, 11) is 1.51. The molecule has 1 amide bonds. The lowest BCUT2D eigenvalue weighted by Crippen LogP contribution is -2.66. The Kier molecular flexibility index (Phi) is 7.15. The lowest BCUT2D eigenvalue weighted by molar-refractivity contribution is -0.150. The van der Waals surface area contributed by atoms with Gasteiger partial charge in [-0.05, 0) is 50.8 Å². The quantitative estimate of drug-likeness (QED) is 0.225. The van der Waals surface area contributed by atoms with Crippen molar-refractivity contribution in [2.24, 2.45) is 17.6 Å². The van der Waals surface area contributed by atoms with Crippen LogP contribution in [-0.4, -0.2) is 92.9 Å². The third kappa shape index (κ3) is 3.85. The molecule has 1 heterocycles. The van der Waals surface area contributed by atoms with Crippen LogP contribution in [0.2, 0.25) is 0 Å². The van der Waals surface area contributed by atoms with Gasteiger partial charge >= 0.3 is 0 Å². The number of aromatic hydroxyl groups is 1. The van der Waals surface area contributed by atoms with Crippen molar-refractivity contribution in [2.45, 2.75) is 50.3 Å². The number of likely N-dealkylation sites (tertiary alicyclic amines) is 1. The van der Waals surface area contributed by atoms with Crippen LogP contribution in [0.15, 0.2) is 23.0 Å². The number of fused-ring (bicyclic) bond motifs is 3. The first-order valence-electron chi connectivity index (χ1n) is 13.5. The highest BCUT2D eigenvalue weighted by molar-refractivity contribution is 6.24. The maximum absolute atomic E-state index is 13.9. The van der Waals surface area contributed by atoms with Gasteiger partial charge in [-0.15, -0.1) is 0 Å². The molecule has 1 aromatic carbocycles. The number of nitrogens with zero attached hydrogens (tertiary/aromatic N) is 1. The summed E-state index contributed by atoms with van der Waals surface area (Å²) < 4.78 is 5.84. The molecule has 1 aliphatic heterocycles. The van der Waals surface area contributed by atoms with Crippen LogP contribution < -0.4 is 15.8 Å². The Morgan fingerprint density at radius 1 is 1.27 bits per heavy atom. The molecule has 12 heteroatoms. The van der Waals surface area contributed by atoms with Gasteiger partial charge in [0.1, 0.15) is 28.6 Å². The molecule has 8 N–H and O–H groups in total. The second-order valence-corrected chi connectivity index (χ2v) is 10.9. The number of primary amides is 1. The number of hydrogen-bond acceptors (Lipinski definition) is 11. The number of Topliss-reactive ketones (excluding diaryl/α,β-unsaturated/α-hetero) is 2. The second-order valence-electron chi connectivity index (χ2n) is 10.9. The third-order valence-corrected chi connectivity index (χ3v) is 8.99. The number of nitrogens with one attached hydrogen (secondary N) is 1. The van der Waals surface area contributed by atoms with Crippen molar-refractivity contribution in [1.82, 2.24) is 10.2 Å². The standard InChI is InChI=1S/C28H35N3O9/c1-3-31-7-4-5-16(31)13-11-17(33)19-14(24(13)40-2)9-12-10-15-21(30-6-8-32)23(35)20(27(29)38)26(37)28(15,39)25(36)18(12)22(19)34/h11-12,15-16,21,30,32-34,37,39H,3-10H2,1-2H3,(H2,29,38)/t12-,15-,16-,21-,28-/m0/s1. The van der Waals surface area contributed by atoms with E-state index in [2.05, 4.69) is 17.1 Å². The van der Waals surface area contributed by atoms with E-state index in [1.807, 2.05) is 0 Å². The highest BCUT2D eigenvalue weighted by Crippen LogP contribution is 2.54. The first kappa shape index (κ1) is 28.1. The summed E-state index contributed by atoms with van der Waals surface area (Å²) in [4.78, 5) is 41.5. The molecular formula is C28H35N3O9. The van der Waals surface area contributed by atoms with Gasteiger partial charge in [-0.2, -0.15) is 0 Å². The van der Waals surface area contributed by atoms with E-state index in [1.165, 1.54) is 13.2 Å². The molecule has 3 aliphatic carbocycles. The number of rotatable bonds is 7. The number of methoxy groups -OCH3 is 1. The van der Waals surface area contributed by atoms with Crippen molar-refractivity contribution in [1.29, 1.82) is 0 Å². The van der Waals surface area contributed by atoms with Crippen LogP contribution in [0.5, 0.6) is 11.5 Å². The average Bonchev–Trinajstić information content (AvgIpc) is 3.39. The topological polar surface area (TPSA) is 203 Å². The summed E-state index contributed by atoms with van der Waals surface area (Å²) in [6.45, 7) is 3.29. The summed E-state index contributed by atoms with van der Waals surface area (Å²) in [5.41, 5.74) is 2.74. The lowest BCUT2D eigenvalue weighted by atomic mass is 9.57. The van der Waals surface area contributed by atoms with E-state index < -0.39 is 58.0 Å². The highest BCUT2D eigenvalue weighted by Gasteiger charge is 2.63. The van der Waals surface area contributed by atoms with E-state index in [-0.39, 0.29) is 48.9 Å². The predicted molar refractivity (Wildman–Crippen MR) is 141 cm³/mol. The van der Waals surface area contributed by atoms with E-state index in [9.17, 15) is 39.9 Å². The maximum atomic E-state index is 13.9. The lowest BCUT2D eigenvalue weighted by Gasteiger charge is -2.49. The number of benzene rings is 1. The van der Waals surface area contributed by atoms with Crippen LogP contribution in [0.1, 0.15) is 48.9 Å². The summed E-state index contributed by atoms with van der Waals surface area (Å²) in [5.74, 6) is -6.75. The minimum absolute atomic E-state index is 0.000850. The SMILES string of the molecule is CCN1CCC[C@H]1c1cc(O)c2c(c1OC)C[C@H]1C[C@H]3[C@H](NCCO)C(=O)C(C(N)=O)=C(O)[C@@]3(O)C(=O)C1=C2O. The first-order valence-corrected chi connectivity index (χ1v) is 13.5. The summed E-state index contributed by atoms with van der Waals surface area (Å²) in [6, 6.07) is 0.219. The molecule has 1 saturated carbocycles. The van der Waals surface area contributed by atoms with Gasteiger partial charge in [0, 0.05) is 35.2 Å². The molecule has 5 rings (SSSR count). The molecule has 0 bridgehead atoms. The molecule has 5 atom stereocenters. The van der Waals surface area contributed by atoms with Crippen LogP contribution >= 0.6 is 0 Å². The summed E-state index contributed by atoms with van der Waals surface area (Å²) in [5, 5.41) is 57.3. The van der Waals surface area contributed by atoms with Gasteiger partial charge in [0.15, 0.2) is 11.4 Å². The minimum atomic E-state index is -2.74. The fraction of sp³-hybridized carbons (Fsp3) is 0.536. The van der Waals surface area contributed by atoms with Crippen LogP contribution in [0.4, 0.5) is 0 Å². The molecule has 0 unspecified atom stereocenters. The Bertz CT molecular complexity index is 1350. The van der Waals surface area contributed by atoms with E-state index in [1.54, 1.807) is 0 Å². The summed E-state index contributed by atoms with van der Waals surface area (Å²) >= 11 is 0. The Labute approximate surface area is 230 Å². The largest absolute Gasteiger partial charge is 0.508 e. The number of ketones is 2. The Morgan fingerprint density at radius 2 is 2.00 bits per heavy atom. The molecule has 0 spiro atoms. The van der Waals surface area contributed by atoms with E-state index in [4.69, 9.17) is 10.5 Å². The normalized spacial score (nSPS) is 30.3. The molecule has 2 fully saturated rings. The number of hydrogen-bond donors (Lipinski definition) is 7. The Morgan fingerprint density at radius 3 is 2.62 bits per heavy atom. The zero-order valence-corrected chi connectivity index (χ0v) is 22.4. The number of amides is 1. The zero-order chi connectivity index (χ0) is 29.1. The van der Waals surface area contributed by atoms with Gasteiger partial charge in [-0.3, -0.25) is 19.3 Å². The van der Waals surface area contributed by atoms with Gasteiger partial charge in [0.2, 0.25) is 5.78 Å². The molecule has 216 valence electrons. The zero-order valence-electron chi connectivity index (χ0n) is 22.4. The van der Waals surface area contributed by atoms with Gasteiger partial charge in [-0.25, -0.2) is 0 Å². The molecular weight excluding hydrogens is 522 g/mol. The predicted octanol–water partition coefficient (Wildman–Crippen LogP) is 0.150. The van der Waals surface area contributed by atoms with Gasteiger partial charge in [0.25, 0.3) is 5.91 Å². The molecule has 1 aromatic rings. The number of carbonyl (C=O) groups is 3. The van der Waals surface area contributed by atoms with Crippen molar-refractivity contribution in [3.8, 4) is 11.5 Å². The second kappa shape index (κ2) is 10.2. The number of aliphatic hydroxyl groups excluding tert-OH is 3. The maximum Gasteiger partial charge on any atom is 0.255 e. The smallest absolute Gasteiger partial charge is 0.255 e. The van der Waals surface area contributed by atoms with Gasteiger partial charge in [-0.1, -0.05) is 6.92 Å². The summed E-state index contributed by atoms with van der Waals surface area (Å²) in [6.07, 6.45) is 1.93. The van der Waals surface area contributed by atoms with Crippen LogP contribution in [0.25, 0.3) is 5.76 Å². The van der Waals surface area contributed by atoms with Crippen molar-refractivity contribution in [2.75, 3.05) is 33.4 Å². The van der Waals surface area contributed by atoms with Crippen LogP contribution in [0.3, 0.4) is 0 Å². The number of aliphatic hydroxyl groups is 4. The van der Waals surface area contributed by atoms with Crippen molar-refractivity contribution in [3.63, 3.8) is 0 Å². The average molecular weight is 558 g/mol. The number of phenols is 1. The van der Waals surface area contributed by atoms with E-state index in [0.717, 1.165) is 31.5 Å². The monoisotopic (exact) mass is 557 g/mol.